The standard InChI is InChI=1S/C17H23N3OS.HI/c1-3-18-17(20-13(2)16-8-5-11-22-16)19-10-9-14-6-4-7-15(21)12-14;/h4-8,11-13,21H,3,9-10H2,1-2H3,(H2,18,19,20);1H. The van der Waals surface area contributed by atoms with Gasteiger partial charge in [0.05, 0.1) is 6.04 Å². The molecule has 0 aliphatic carbocycles. The number of guanidine groups is 1. The van der Waals surface area contributed by atoms with Crippen molar-refractivity contribution < 1.29 is 5.11 Å². The minimum atomic E-state index is 0. The lowest BCUT2D eigenvalue weighted by molar-refractivity contribution is 0.474. The number of halogens is 1. The number of benzene rings is 1. The molecule has 0 saturated carbocycles. The highest BCUT2D eigenvalue weighted by molar-refractivity contribution is 14.0. The molecule has 1 atom stereocenters. The van der Waals surface area contributed by atoms with E-state index < -0.39 is 0 Å². The Morgan fingerprint density at radius 3 is 2.78 bits per heavy atom. The molecule has 0 spiro atoms. The van der Waals surface area contributed by atoms with Gasteiger partial charge in [-0.25, -0.2) is 0 Å². The molecular formula is C17H24IN3OS. The minimum absolute atomic E-state index is 0. The van der Waals surface area contributed by atoms with Crippen LogP contribution in [-0.2, 0) is 6.42 Å². The van der Waals surface area contributed by atoms with Crippen LogP contribution < -0.4 is 10.6 Å². The summed E-state index contributed by atoms with van der Waals surface area (Å²) in [6.45, 7) is 5.70. The summed E-state index contributed by atoms with van der Waals surface area (Å²) in [6.07, 6.45) is 0.804. The van der Waals surface area contributed by atoms with Crippen molar-refractivity contribution in [1.29, 1.82) is 0 Å². The molecule has 0 fully saturated rings. The zero-order valence-corrected chi connectivity index (χ0v) is 16.6. The Kier molecular flexibility index (Phi) is 9.01. The summed E-state index contributed by atoms with van der Waals surface area (Å²) >= 11 is 1.74. The van der Waals surface area contributed by atoms with Crippen LogP contribution in [0.1, 0.15) is 30.3 Å². The number of aliphatic imine (C=N–C) groups is 1. The molecule has 0 bridgehead atoms. The summed E-state index contributed by atoms with van der Waals surface area (Å²) < 4.78 is 0. The number of hydrogen-bond acceptors (Lipinski definition) is 3. The Bertz CT molecular complexity index is 602. The zero-order chi connectivity index (χ0) is 15.8. The fourth-order valence-electron chi connectivity index (χ4n) is 2.14. The van der Waals surface area contributed by atoms with Crippen LogP contribution in [0.4, 0.5) is 0 Å². The average molecular weight is 445 g/mol. The second-order valence-corrected chi connectivity index (χ2v) is 6.04. The Labute approximate surface area is 159 Å². The number of nitrogens with one attached hydrogen (secondary N) is 2. The van der Waals surface area contributed by atoms with Crippen LogP contribution in [0.2, 0.25) is 0 Å². The van der Waals surface area contributed by atoms with E-state index in [1.165, 1.54) is 4.88 Å². The highest BCUT2D eigenvalue weighted by atomic mass is 127. The molecule has 0 amide bonds. The maximum absolute atomic E-state index is 9.47. The second kappa shape index (κ2) is 10.5. The van der Waals surface area contributed by atoms with Crippen molar-refractivity contribution in [1.82, 2.24) is 10.6 Å². The molecule has 126 valence electrons. The number of phenols is 1. The first-order valence-electron chi connectivity index (χ1n) is 7.55. The Morgan fingerprint density at radius 2 is 2.13 bits per heavy atom. The number of phenolic OH excluding ortho intramolecular Hbond substituents is 1. The topological polar surface area (TPSA) is 56.7 Å². The van der Waals surface area contributed by atoms with Gasteiger partial charge in [0.25, 0.3) is 0 Å². The number of thiophene rings is 1. The molecule has 1 unspecified atom stereocenters. The van der Waals surface area contributed by atoms with Gasteiger partial charge in [0, 0.05) is 18.0 Å². The van der Waals surface area contributed by atoms with Crippen LogP contribution in [0.25, 0.3) is 0 Å². The van der Waals surface area contributed by atoms with E-state index >= 15 is 0 Å². The minimum Gasteiger partial charge on any atom is -0.508 e. The fourth-order valence-corrected chi connectivity index (χ4v) is 2.88. The molecule has 2 aromatic rings. The van der Waals surface area contributed by atoms with Crippen molar-refractivity contribution in [3.8, 4) is 5.75 Å². The van der Waals surface area contributed by atoms with E-state index in [0.29, 0.717) is 12.3 Å². The van der Waals surface area contributed by atoms with Gasteiger partial charge in [0.2, 0.25) is 0 Å². The van der Waals surface area contributed by atoms with Crippen LogP contribution in [0.3, 0.4) is 0 Å². The molecule has 3 N–H and O–H groups in total. The maximum Gasteiger partial charge on any atom is 0.191 e. The summed E-state index contributed by atoms with van der Waals surface area (Å²) in [5, 5.41) is 18.2. The normalized spacial score (nSPS) is 12.3. The van der Waals surface area contributed by atoms with E-state index in [2.05, 4.69) is 47.0 Å². The summed E-state index contributed by atoms with van der Waals surface area (Å²) in [4.78, 5) is 5.90. The highest BCUT2D eigenvalue weighted by Crippen LogP contribution is 2.17. The van der Waals surface area contributed by atoms with Crippen molar-refractivity contribution in [2.75, 3.05) is 13.1 Å². The Hall–Kier alpha value is -1.28. The van der Waals surface area contributed by atoms with Gasteiger partial charge in [-0.3, -0.25) is 4.99 Å². The van der Waals surface area contributed by atoms with Crippen LogP contribution >= 0.6 is 35.3 Å². The number of rotatable bonds is 6. The molecule has 6 heteroatoms. The van der Waals surface area contributed by atoms with Gasteiger partial charge < -0.3 is 15.7 Å². The first-order chi connectivity index (χ1) is 10.7. The molecule has 1 heterocycles. The van der Waals surface area contributed by atoms with Crippen molar-refractivity contribution in [2.24, 2.45) is 4.99 Å². The van der Waals surface area contributed by atoms with Crippen molar-refractivity contribution >= 4 is 41.3 Å². The summed E-state index contributed by atoms with van der Waals surface area (Å²) in [5.41, 5.74) is 1.09. The van der Waals surface area contributed by atoms with E-state index in [1.54, 1.807) is 23.5 Å². The fraction of sp³-hybridized carbons (Fsp3) is 0.353. The lowest BCUT2D eigenvalue weighted by Crippen LogP contribution is -2.38. The van der Waals surface area contributed by atoms with Gasteiger partial charge in [0.15, 0.2) is 5.96 Å². The first kappa shape index (κ1) is 19.8. The van der Waals surface area contributed by atoms with E-state index in [-0.39, 0.29) is 30.0 Å². The summed E-state index contributed by atoms with van der Waals surface area (Å²) in [5.74, 6) is 1.13. The summed E-state index contributed by atoms with van der Waals surface area (Å²) in [7, 11) is 0. The molecule has 23 heavy (non-hydrogen) atoms. The molecule has 2 rings (SSSR count). The van der Waals surface area contributed by atoms with Gasteiger partial charge >= 0.3 is 0 Å². The third-order valence-electron chi connectivity index (χ3n) is 3.25. The van der Waals surface area contributed by atoms with Gasteiger partial charge in [-0.1, -0.05) is 18.2 Å². The monoisotopic (exact) mass is 445 g/mol. The van der Waals surface area contributed by atoms with Crippen LogP contribution in [0.5, 0.6) is 5.75 Å². The van der Waals surface area contributed by atoms with Crippen LogP contribution in [-0.4, -0.2) is 24.2 Å². The predicted molar refractivity (Wildman–Crippen MR) is 109 cm³/mol. The van der Waals surface area contributed by atoms with Crippen LogP contribution in [0.15, 0.2) is 46.8 Å². The van der Waals surface area contributed by atoms with Crippen molar-refractivity contribution in [3.05, 3.63) is 52.2 Å². The average Bonchev–Trinajstić information content (AvgIpc) is 3.02. The quantitative estimate of drug-likeness (QED) is 0.359. The van der Waals surface area contributed by atoms with E-state index in [4.69, 9.17) is 0 Å². The number of nitrogens with zero attached hydrogens (tertiary/aromatic N) is 1. The summed E-state index contributed by atoms with van der Waals surface area (Å²) in [6, 6.07) is 11.7. The molecule has 0 saturated heterocycles. The van der Waals surface area contributed by atoms with E-state index in [1.807, 2.05) is 12.1 Å². The third-order valence-corrected chi connectivity index (χ3v) is 4.30. The molecular weight excluding hydrogens is 421 g/mol. The highest BCUT2D eigenvalue weighted by Gasteiger charge is 2.08. The van der Waals surface area contributed by atoms with Gasteiger partial charge in [-0.15, -0.1) is 35.3 Å². The largest absolute Gasteiger partial charge is 0.508 e. The van der Waals surface area contributed by atoms with Crippen LogP contribution in [0, 0.1) is 0 Å². The molecule has 0 aliphatic heterocycles. The number of hydrogen-bond donors (Lipinski definition) is 3. The number of aromatic hydroxyl groups is 1. The smallest absolute Gasteiger partial charge is 0.191 e. The zero-order valence-electron chi connectivity index (χ0n) is 13.5. The first-order valence-corrected chi connectivity index (χ1v) is 8.43. The van der Waals surface area contributed by atoms with Crippen molar-refractivity contribution in [3.63, 3.8) is 0 Å². The molecule has 1 aromatic carbocycles. The van der Waals surface area contributed by atoms with Gasteiger partial charge in [-0.2, -0.15) is 0 Å². The lowest BCUT2D eigenvalue weighted by Gasteiger charge is -2.16. The van der Waals surface area contributed by atoms with Gasteiger partial charge in [-0.05, 0) is 49.4 Å². The predicted octanol–water partition coefficient (Wildman–Crippen LogP) is 3.93. The second-order valence-electron chi connectivity index (χ2n) is 5.06. The maximum atomic E-state index is 9.47. The SMILES string of the molecule is CCNC(=NCCc1cccc(O)c1)NC(C)c1cccs1.I. The lowest BCUT2D eigenvalue weighted by atomic mass is 10.1. The third kappa shape index (κ3) is 6.78. The van der Waals surface area contributed by atoms with Gasteiger partial charge in [0.1, 0.15) is 5.75 Å². The Morgan fingerprint density at radius 1 is 1.30 bits per heavy atom. The molecule has 1 aromatic heterocycles. The molecule has 0 aliphatic rings. The Balaban J connectivity index is 0.00000264. The molecule has 4 nitrogen and oxygen atoms in total. The van der Waals surface area contributed by atoms with E-state index in [9.17, 15) is 5.11 Å². The van der Waals surface area contributed by atoms with E-state index in [0.717, 1.165) is 24.5 Å². The van der Waals surface area contributed by atoms with Crippen molar-refractivity contribution in [2.45, 2.75) is 26.3 Å². The molecule has 0 radical (unpaired) electrons.